The summed E-state index contributed by atoms with van der Waals surface area (Å²) in [5.74, 6) is 0.0236. The van der Waals surface area contributed by atoms with Crippen LogP contribution in [0.15, 0.2) is 34.3 Å². The SMILES string of the molecule is Cc1nc(SCC(=O)Nc2cccc(S(=O)(=O)N3CCOCC3)c2)n(C2CCCC2)c1C. The lowest BCUT2D eigenvalue weighted by atomic mass is 10.2. The lowest BCUT2D eigenvalue weighted by molar-refractivity contribution is -0.113. The Morgan fingerprint density at radius 1 is 1.22 bits per heavy atom. The van der Waals surface area contributed by atoms with E-state index < -0.39 is 10.0 Å². The van der Waals surface area contributed by atoms with E-state index in [-0.39, 0.29) is 16.6 Å². The van der Waals surface area contributed by atoms with Crippen molar-refractivity contribution in [1.29, 1.82) is 0 Å². The molecule has 2 aromatic rings. The van der Waals surface area contributed by atoms with E-state index in [1.807, 2.05) is 6.92 Å². The zero-order valence-electron chi connectivity index (χ0n) is 18.5. The van der Waals surface area contributed by atoms with Crippen LogP contribution in [0.4, 0.5) is 5.69 Å². The van der Waals surface area contributed by atoms with E-state index in [9.17, 15) is 13.2 Å². The third-order valence-electron chi connectivity index (χ3n) is 6.10. The number of aryl methyl sites for hydroxylation is 1. The molecule has 0 unspecified atom stereocenters. The first-order chi connectivity index (χ1) is 15.4. The number of morpholine rings is 1. The van der Waals surface area contributed by atoms with Crippen LogP contribution in [-0.4, -0.2) is 60.2 Å². The standard InChI is InChI=1S/C22H30N4O4S2/c1-16-17(2)26(19-7-3-4-8-19)22(23-16)31-15-21(27)24-18-6-5-9-20(14-18)32(28,29)25-10-12-30-13-11-25/h5-6,9,14,19H,3-4,7-8,10-13,15H2,1-2H3,(H,24,27). The van der Waals surface area contributed by atoms with Crippen LogP contribution >= 0.6 is 11.8 Å². The molecule has 174 valence electrons. The van der Waals surface area contributed by atoms with Gasteiger partial charge < -0.3 is 14.6 Å². The topological polar surface area (TPSA) is 93.5 Å². The Balaban J connectivity index is 1.41. The molecule has 0 spiro atoms. The molecule has 1 saturated heterocycles. The molecule has 32 heavy (non-hydrogen) atoms. The zero-order valence-corrected chi connectivity index (χ0v) is 20.2. The maximum Gasteiger partial charge on any atom is 0.243 e. The van der Waals surface area contributed by atoms with E-state index in [4.69, 9.17) is 4.74 Å². The third-order valence-corrected chi connectivity index (χ3v) is 8.95. The maximum absolute atomic E-state index is 12.9. The molecule has 0 atom stereocenters. The number of carbonyl (C=O) groups excluding carboxylic acids is 1. The fourth-order valence-electron chi connectivity index (χ4n) is 4.29. The van der Waals surface area contributed by atoms with Crippen molar-refractivity contribution in [2.24, 2.45) is 0 Å². The van der Waals surface area contributed by atoms with E-state index in [0.29, 0.717) is 38.0 Å². The number of anilines is 1. The van der Waals surface area contributed by atoms with Crippen molar-refractivity contribution >= 4 is 33.4 Å². The van der Waals surface area contributed by atoms with Gasteiger partial charge in [-0.05, 0) is 44.9 Å². The predicted octanol–water partition coefficient (Wildman–Crippen LogP) is 3.37. The van der Waals surface area contributed by atoms with Gasteiger partial charge in [-0.25, -0.2) is 13.4 Å². The third kappa shape index (κ3) is 5.03. The summed E-state index contributed by atoms with van der Waals surface area (Å²) in [6, 6.07) is 6.88. The molecule has 0 radical (unpaired) electrons. The van der Waals surface area contributed by atoms with E-state index in [1.54, 1.807) is 18.2 Å². The molecular weight excluding hydrogens is 448 g/mol. The van der Waals surface area contributed by atoms with E-state index in [0.717, 1.165) is 23.7 Å². The van der Waals surface area contributed by atoms with Crippen LogP contribution in [0.2, 0.25) is 0 Å². The fourth-order valence-corrected chi connectivity index (χ4v) is 6.70. The van der Waals surface area contributed by atoms with Crippen molar-refractivity contribution in [3.63, 3.8) is 0 Å². The van der Waals surface area contributed by atoms with Crippen LogP contribution in [0.5, 0.6) is 0 Å². The second-order valence-corrected chi connectivity index (χ2v) is 11.1. The van der Waals surface area contributed by atoms with Crippen LogP contribution in [0, 0.1) is 13.8 Å². The molecule has 10 heteroatoms. The number of amides is 1. The Morgan fingerprint density at radius 3 is 2.66 bits per heavy atom. The summed E-state index contributed by atoms with van der Waals surface area (Å²) in [5, 5.41) is 3.71. The average Bonchev–Trinajstić information content (AvgIpc) is 3.41. The predicted molar refractivity (Wildman–Crippen MR) is 125 cm³/mol. The van der Waals surface area contributed by atoms with Gasteiger partial charge in [0.1, 0.15) is 0 Å². The molecule has 2 fully saturated rings. The molecule has 2 heterocycles. The number of ether oxygens (including phenoxy) is 1. The minimum atomic E-state index is -3.61. The first-order valence-corrected chi connectivity index (χ1v) is 13.4. The van der Waals surface area contributed by atoms with Gasteiger partial charge in [0.05, 0.1) is 29.6 Å². The zero-order chi connectivity index (χ0) is 22.7. The summed E-state index contributed by atoms with van der Waals surface area (Å²) < 4.78 is 34.7. The van der Waals surface area contributed by atoms with Crippen molar-refractivity contribution in [3.05, 3.63) is 35.7 Å². The lowest BCUT2D eigenvalue weighted by Gasteiger charge is -2.26. The van der Waals surface area contributed by atoms with Crippen molar-refractivity contribution in [2.45, 2.75) is 55.6 Å². The maximum atomic E-state index is 12.9. The van der Waals surface area contributed by atoms with Crippen molar-refractivity contribution in [1.82, 2.24) is 13.9 Å². The Bertz CT molecular complexity index is 1070. The number of hydrogen-bond acceptors (Lipinski definition) is 6. The van der Waals surface area contributed by atoms with Crippen molar-refractivity contribution < 1.29 is 17.9 Å². The molecule has 4 rings (SSSR count). The number of aromatic nitrogens is 2. The smallest absolute Gasteiger partial charge is 0.243 e. The van der Waals surface area contributed by atoms with Gasteiger partial charge in [0.15, 0.2) is 5.16 Å². The quantitative estimate of drug-likeness (QED) is 0.614. The van der Waals surface area contributed by atoms with Gasteiger partial charge in [-0.15, -0.1) is 0 Å². The Morgan fingerprint density at radius 2 is 1.94 bits per heavy atom. The molecular formula is C22H30N4O4S2. The second-order valence-electron chi connectivity index (χ2n) is 8.25. The van der Waals surface area contributed by atoms with Gasteiger partial charge in [-0.2, -0.15) is 4.31 Å². The molecule has 0 bridgehead atoms. The number of hydrogen-bond donors (Lipinski definition) is 1. The highest BCUT2D eigenvalue weighted by Gasteiger charge is 2.27. The number of imidazole rings is 1. The van der Waals surface area contributed by atoms with E-state index in [2.05, 4.69) is 21.8 Å². The normalized spacial score (nSPS) is 18.2. The van der Waals surface area contributed by atoms with Crippen molar-refractivity contribution in [3.8, 4) is 0 Å². The first kappa shape index (κ1) is 23.3. The van der Waals surface area contributed by atoms with Gasteiger partial charge in [-0.3, -0.25) is 4.79 Å². The Kier molecular flexibility index (Phi) is 7.24. The summed E-state index contributed by atoms with van der Waals surface area (Å²) in [7, 11) is -3.61. The number of thioether (sulfide) groups is 1. The van der Waals surface area contributed by atoms with Crippen LogP contribution < -0.4 is 5.32 Å². The number of carbonyl (C=O) groups is 1. The Labute approximate surface area is 193 Å². The summed E-state index contributed by atoms with van der Waals surface area (Å²) in [4.78, 5) is 17.5. The summed E-state index contributed by atoms with van der Waals surface area (Å²) in [5.41, 5.74) is 2.64. The van der Waals surface area contributed by atoms with Gasteiger partial charge >= 0.3 is 0 Å². The second kappa shape index (κ2) is 9.94. The molecule has 1 aromatic carbocycles. The number of rotatable bonds is 7. The average molecular weight is 479 g/mol. The van der Waals surface area contributed by atoms with Gasteiger partial charge in [0.2, 0.25) is 15.9 Å². The summed E-state index contributed by atoms with van der Waals surface area (Å²) in [6.07, 6.45) is 4.77. The molecule has 1 aromatic heterocycles. The fraction of sp³-hybridized carbons (Fsp3) is 0.545. The summed E-state index contributed by atoms with van der Waals surface area (Å²) in [6.45, 7) is 5.55. The van der Waals surface area contributed by atoms with Gasteiger partial charge in [-0.1, -0.05) is 30.7 Å². The highest BCUT2D eigenvalue weighted by Crippen LogP contribution is 2.35. The van der Waals surface area contributed by atoms with Crippen LogP contribution in [0.1, 0.15) is 43.1 Å². The molecule has 1 aliphatic heterocycles. The monoisotopic (exact) mass is 478 g/mol. The van der Waals surface area contributed by atoms with Crippen LogP contribution in [0.25, 0.3) is 0 Å². The number of nitrogens with one attached hydrogen (secondary N) is 1. The number of nitrogens with zero attached hydrogens (tertiary/aromatic N) is 3. The van der Waals surface area contributed by atoms with E-state index >= 15 is 0 Å². The number of benzene rings is 1. The molecule has 1 saturated carbocycles. The highest BCUT2D eigenvalue weighted by molar-refractivity contribution is 7.99. The largest absolute Gasteiger partial charge is 0.379 e. The molecule has 1 amide bonds. The highest BCUT2D eigenvalue weighted by atomic mass is 32.2. The molecule has 2 aliphatic rings. The van der Waals surface area contributed by atoms with Gasteiger partial charge in [0.25, 0.3) is 0 Å². The van der Waals surface area contributed by atoms with Crippen LogP contribution in [0.3, 0.4) is 0 Å². The Hall–Kier alpha value is -1.88. The van der Waals surface area contributed by atoms with E-state index in [1.165, 1.54) is 40.7 Å². The summed E-state index contributed by atoms with van der Waals surface area (Å²) >= 11 is 1.43. The minimum Gasteiger partial charge on any atom is -0.379 e. The molecule has 1 N–H and O–H groups in total. The lowest BCUT2D eigenvalue weighted by Crippen LogP contribution is -2.40. The molecule has 8 nitrogen and oxygen atoms in total. The number of sulfonamides is 1. The van der Waals surface area contributed by atoms with Crippen molar-refractivity contribution in [2.75, 3.05) is 37.4 Å². The van der Waals surface area contributed by atoms with Crippen LogP contribution in [-0.2, 0) is 19.6 Å². The minimum absolute atomic E-state index is 0.174. The van der Waals surface area contributed by atoms with Gasteiger partial charge in [0, 0.05) is 30.5 Å². The molecule has 1 aliphatic carbocycles. The first-order valence-electron chi connectivity index (χ1n) is 11.0.